The molecule has 0 aliphatic heterocycles. The molecule has 0 N–H and O–H groups in total. The Morgan fingerprint density at radius 1 is 0.652 bits per heavy atom. The minimum absolute atomic E-state index is 1.08. The molecule has 1 nitrogen and oxygen atoms in total. The average molecular weight is 431 g/mol. The van der Waals surface area contributed by atoms with E-state index >= 15 is 0 Å². The minimum Gasteiger partial charge on any atom is -0.310 e. The lowest BCUT2D eigenvalue weighted by Gasteiger charge is -2.27. The van der Waals surface area contributed by atoms with Crippen LogP contribution in [0, 0.1) is 13.8 Å². The van der Waals surface area contributed by atoms with Gasteiger partial charge in [-0.1, -0.05) is 49.6 Å². The van der Waals surface area contributed by atoms with Gasteiger partial charge in [0.05, 0.1) is 0 Å². The Morgan fingerprint density at radius 3 is 1.57 bits per heavy atom. The molecule has 0 amide bonds. The third-order valence-corrected chi connectivity index (χ3v) is 4.82. The molecule has 3 heteroatoms. The smallest absolute Gasteiger partial charge is 0.0490 e. The molecule has 0 fully saturated rings. The summed E-state index contributed by atoms with van der Waals surface area (Å²) in [6.45, 7) is 4.29. The van der Waals surface area contributed by atoms with E-state index in [0.29, 0.717) is 0 Å². The van der Waals surface area contributed by atoms with Gasteiger partial charge < -0.3 is 4.90 Å². The van der Waals surface area contributed by atoms with Crippen LogP contribution in [-0.2, 0) is 0 Å². The summed E-state index contributed by atoms with van der Waals surface area (Å²) in [5.74, 6) is 0. The van der Waals surface area contributed by atoms with Gasteiger partial charge in [-0.05, 0) is 74.0 Å². The number of anilines is 3. The lowest BCUT2D eigenvalue weighted by Crippen LogP contribution is -2.11. The highest BCUT2D eigenvalue weighted by Gasteiger charge is 2.14. The number of rotatable bonds is 3. The van der Waals surface area contributed by atoms with Crippen LogP contribution in [0.3, 0.4) is 0 Å². The number of aryl methyl sites for hydroxylation is 2. The molecule has 116 valence electrons. The molecule has 3 aromatic carbocycles. The summed E-state index contributed by atoms with van der Waals surface area (Å²) in [6, 6.07) is 23.4. The highest BCUT2D eigenvalue weighted by molar-refractivity contribution is 9.10. The van der Waals surface area contributed by atoms with Crippen molar-refractivity contribution < 1.29 is 0 Å². The number of hydrogen-bond donors (Lipinski definition) is 0. The first-order valence-corrected chi connectivity index (χ1v) is 9.02. The maximum absolute atomic E-state index is 3.52. The summed E-state index contributed by atoms with van der Waals surface area (Å²) >= 11 is 7.03. The number of benzene rings is 3. The van der Waals surface area contributed by atoms with Crippen LogP contribution in [0.1, 0.15) is 11.1 Å². The van der Waals surface area contributed by atoms with Crippen LogP contribution < -0.4 is 4.90 Å². The second kappa shape index (κ2) is 6.90. The van der Waals surface area contributed by atoms with E-state index in [1.165, 1.54) is 16.8 Å². The second-order valence-corrected chi connectivity index (χ2v) is 7.41. The SMILES string of the molecule is Cc1ccc(N(c2ccc(Br)cc2)c2ccc(Br)cc2)c(C)c1. The van der Waals surface area contributed by atoms with Crippen LogP contribution in [0.2, 0.25) is 0 Å². The maximum atomic E-state index is 3.52. The van der Waals surface area contributed by atoms with Crippen molar-refractivity contribution in [2.75, 3.05) is 4.90 Å². The largest absolute Gasteiger partial charge is 0.310 e. The Kier molecular flexibility index (Phi) is 4.88. The van der Waals surface area contributed by atoms with Gasteiger partial charge in [-0.2, -0.15) is 0 Å². The summed E-state index contributed by atoms with van der Waals surface area (Å²) < 4.78 is 2.16. The molecule has 0 heterocycles. The van der Waals surface area contributed by atoms with Crippen molar-refractivity contribution in [2.24, 2.45) is 0 Å². The van der Waals surface area contributed by atoms with Crippen molar-refractivity contribution in [2.45, 2.75) is 13.8 Å². The zero-order chi connectivity index (χ0) is 16.4. The van der Waals surface area contributed by atoms with E-state index in [2.05, 4.69) is 117 Å². The number of halogens is 2. The Hall–Kier alpha value is -1.58. The van der Waals surface area contributed by atoms with E-state index in [1.807, 2.05) is 0 Å². The van der Waals surface area contributed by atoms with Crippen molar-refractivity contribution in [3.63, 3.8) is 0 Å². The zero-order valence-corrected chi connectivity index (χ0v) is 16.2. The molecule has 0 aromatic heterocycles. The molecule has 0 radical (unpaired) electrons. The van der Waals surface area contributed by atoms with Gasteiger partial charge in [-0.15, -0.1) is 0 Å². The van der Waals surface area contributed by atoms with E-state index in [-0.39, 0.29) is 0 Å². The first-order chi connectivity index (χ1) is 11.0. The molecule has 0 unspecified atom stereocenters. The summed E-state index contributed by atoms with van der Waals surface area (Å²) in [5.41, 5.74) is 6.01. The molecule has 3 rings (SSSR count). The fourth-order valence-corrected chi connectivity index (χ4v) is 3.19. The predicted octanol–water partition coefficient (Wildman–Crippen LogP) is 7.30. The molecule has 0 saturated carbocycles. The molecular weight excluding hydrogens is 414 g/mol. The quantitative estimate of drug-likeness (QED) is 0.421. The molecule has 0 aliphatic carbocycles. The molecule has 0 aliphatic rings. The third kappa shape index (κ3) is 3.67. The predicted molar refractivity (Wildman–Crippen MR) is 106 cm³/mol. The average Bonchev–Trinajstić information content (AvgIpc) is 2.53. The Morgan fingerprint density at radius 2 is 1.13 bits per heavy atom. The van der Waals surface area contributed by atoms with Crippen molar-refractivity contribution >= 4 is 48.9 Å². The first kappa shape index (κ1) is 16.3. The molecular formula is C20H17Br2N. The Bertz CT molecular complexity index is 763. The highest BCUT2D eigenvalue weighted by Crippen LogP contribution is 2.37. The van der Waals surface area contributed by atoms with Crippen LogP contribution in [0.5, 0.6) is 0 Å². The third-order valence-electron chi connectivity index (χ3n) is 3.76. The lowest BCUT2D eigenvalue weighted by molar-refractivity contribution is 1.24. The topological polar surface area (TPSA) is 3.24 Å². The van der Waals surface area contributed by atoms with Gasteiger partial charge in [-0.25, -0.2) is 0 Å². The van der Waals surface area contributed by atoms with Gasteiger partial charge in [0, 0.05) is 26.0 Å². The Balaban J connectivity index is 2.16. The van der Waals surface area contributed by atoms with Gasteiger partial charge in [0.15, 0.2) is 0 Å². The fraction of sp³-hybridized carbons (Fsp3) is 0.100. The first-order valence-electron chi connectivity index (χ1n) is 7.43. The van der Waals surface area contributed by atoms with Gasteiger partial charge in [0.1, 0.15) is 0 Å². The Labute approximate surface area is 154 Å². The van der Waals surface area contributed by atoms with E-state index in [9.17, 15) is 0 Å². The van der Waals surface area contributed by atoms with Gasteiger partial charge in [-0.3, -0.25) is 0 Å². The minimum atomic E-state index is 1.08. The molecule has 0 atom stereocenters. The van der Waals surface area contributed by atoms with Crippen molar-refractivity contribution in [1.29, 1.82) is 0 Å². The van der Waals surface area contributed by atoms with Crippen LogP contribution in [0.15, 0.2) is 75.7 Å². The van der Waals surface area contributed by atoms with E-state index < -0.39 is 0 Å². The fourth-order valence-electron chi connectivity index (χ4n) is 2.66. The van der Waals surface area contributed by atoms with Crippen molar-refractivity contribution in [1.82, 2.24) is 0 Å². The van der Waals surface area contributed by atoms with Crippen LogP contribution in [0.4, 0.5) is 17.1 Å². The molecule has 3 aromatic rings. The zero-order valence-electron chi connectivity index (χ0n) is 13.1. The van der Waals surface area contributed by atoms with Crippen LogP contribution >= 0.6 is 31.9 Å². The lowest BCUT2D eigenvalue weighted by atomic mass is 10.1. The van der Waals surface area contributed by atoms with Crippen molar-refractivity contribution in [3.05, 3.63) is 86.8 Å². The highest BCUT2D eigenvalue weighted by atomic mass is 79.9. The second-order valence-electron chi connectivity index (χ2n) is 5.58. The summed E-state index contributed by atoms with van der Waals surface area (Å²) in [7, 11) is 0. The monoisotopic (exact) mass is 429 g/mol. The van der Waals surface area contributed by atoms with Gasteiger partial charge in [0.2, 0.25) is 0 Å². The standard InChI is InChI=1S/C20H17Br2N/c1-14-3-12-20(15(2)13-14)23(18-8-4-16(21)5-9-18)19-10-6-17(22)7-11-19/h3-13H,1-2H3. The normalized spacial score (nSPS) is 10.6. The molecule has 23 heavy (non-hydrogen) atoms. The summed E-state index contributed by atoms with van der Waals surface area (Å²) in [4.78, 5) is 2.29. The number of hydrogen-bond acceptors (Lipinski definition) is 1. The van der Waals surface area contributed by atoms with E-state index in [4.69, 9.17) is 0 Å². The van der Waals surface area contributed by atoms with Crippen molar-refractivity contribution in [3.8, 4) is 0 Å². The summed E-state index contributed by atoms with van der Waals surface area (Å²) in [6.07, 6.45) is 0. The van der Waals surface area contributed by atoms with Crippen LogP contribution in [-0.4, -0.2) is 0 Å². The van der Waals surface area contributed by atoms with Gasteiger partial charge in [0.25, 0.3) is 0 Å². The molecule has 0 saturated heterocycles. The van der Waals surface area contributed by atoms with Gasteiger partial charge >= 0.3 is 0 Å². The van der Waals surface area contributed by atoms with Crippen LogP contribution in [0.25, 0.3) is 0 Å². The molecule has 0 bridgehead atoms. The van der Waals surface area contributed by atoms with E-state index in [1.54, 1.807) is 0 Å². The molecule has 0 spiro atoms. The van der Waals surface area contributed by atoms with E-state index in [0.717, 1.165) is 20.3 Å². The maximum Gasteiger partial charge on any atom is 0.0490 e. The number of nitrogens with zero attached hydrogens (tertiary/aromatic N) is 1. The summed E-state index contributed by atoms with van der Waals surface area (Å²) in [5, 5.41) is 0.